The van der Waals surface area contributed by atoms with Gasteiger partial charge in [0.25, 0.3) is 6.71 Å². The molecule has 0 N–H and O–H groups in total. The SMILES string of the molecule is CC(C)(C)c1ccc2c3c(sc2c1)B1c2ccccc2Oc2cc(N(c4cccc5c4CC5)c4cccc5c4CC5)cc(c21)N3c1ccccc1. The summed E-state index contributed by atoms with van der Waals surface area (Å²) in [6, 6.07) is 45.3. The highest BCUT2D eigenvalue weighted by Gasteiger charge is 2.45. The molecule has 11 rings (SSSR count). The predicted molar refractivity (Wildman–Crippen MR) is 216 cm³/mol. The molecular weight excluding hydrogens is 639 g/mol. The van der Waals surface area contributed by atoms with Crippen molar-refractivity contribution in [1.82, 2.24) is 0 Å². The van der Waals surface area contributed by atoms with Gasteiger partial charge in [-0.2, -0.15) is 0 Å². The van der Waals surface area contributed by atoms with E-state index in [1.165, 1.54) is 76.4 Å². The van der Waals surface area contributed by atoms with Crippen molar-refractivity contribution in [1.29, 1.82) is 0 Å². The Kier molecular flexibility index (Phi) is 6.14. The second-order valence-corrected chi connectivity index (χ2v) is 16.6. The lowest BCUT2D eigenvalue weighted by Gasteiger charge is -2.41. The molecule has 3 nitrogen and oxygen atoms in total. The highest BCUT2D eigenvalue weighted by atomic mass is 32.1. The Morgan fingerprint density at radius 2 is 1.39 bits per heavy atom. The monoisotopic (exact) mass is 676 g/mol. The molecular formula is C46H37BN2OS. The van der Waals surface area contributed by atoms with Crippen LogP contribution in [0.4, 0.5) is 34.1 Å². The third kappa shape index (κ3) is 4.25. The molecule has 2 aliphatic carbocycles. The van der Waals surface area contributed by atoms with Gasteiger partial charge in [0.1, 0.15) is 11.5 Å². The summed E-state index contributed by atoms with van der Waals surface area (Å²) in [6.45, 7) is 7.00. The van der Waals surface area contributed by atoms with Gasteiger partial charge < -0.3 is 14.5 Å². The molecule has 0 spiro atoms. The largest absolute Gasteiger partial charge is 0.458 e. The number of nitrogens with zero attached hydrogens (tertiary/aromatic N) is 2. The smallest absolute Gasteiger partial charge is 0.268 e. The second kappa shape index (κ2) is 10.6. The van der Waals surface area contributed by atoms with Gasteiger partial charge in [0.05, 0.1) is 11.4 Å². The average Bonchev–Trinajstić information content (AvgIpc) is 3.48. The van der Waals surface area contributed by atoms with Crippen molar-refractivity contribution in [2.24, 2.45) is 0 Å². The average molecular weight is 677 g/mol. The minimum atomic E-state index is 0.0645. The Morgan fingerprint density at radius 1 is 0.686 bits per heavy atom. The Hall–Kier alpha value is -5.26. The van der Waals surface area contributed by atoms with E-state index in [-0.39, 0.29) is 12.1 Å². The van der Waals surface area contributed by atoms with Crippen molar-refractivity contribution in [3.63, 3.8) is 0 Å². The number of hydrogen-bond donors (Lipinski definition) is 0. The van der Waals surface area contributed by atoms with Crippen LogP contribution in [0.25, 0.3) is 10.1 Å². The second-order valence-electron chi connectivity index (χ2n) is 15.6. The highest BCUT2D eigenvalue weighted by molar-refractivity contribution is 7.33. The van der Waals surface area contributed by atoms with Crippen LogP contribution in [0.3, 0.4) is 0 Å². The third-order valence-corrected chi connectivity index (χ3v) is 12.9. The molecule has 0 bridgehead atoms. The standard InChI is InChI=1S/C46H37BN2OS/c1-46(2,3)30-21-24-35-42(25-30)51-45-44(35)49(31-13-5-4-6-14-31)39-26-32(27-41-43(39)47(45)36-15-7-8-18-40(36)50-41)48(37-16-9-11-28-19-22-33(28)37)38-17-10-12-29-20-23-34(29)38/h4-18,21,24-27H,19-20,22-23H2,1-3H3. The van der Waals surface area contributed by atoms with Gasteiger partial charge >= 0.3 is 0 Å². The van der Waals surface area contributed by atoms with Crippen LogP contribution in [0.2, 0.25) is 0 Å². The Morgan fingerprint density at radius 3 is 2.08 bits per heavy atom. The van der Waals surface area contributed by atoms with E-state index in [4.69, 9.17) is 4.74 Å². The molecule has 246 valence electrons. The molecule has 0 saturated carbocycles. The van der Waals surface area contributed by atoms with E-state index in [1.807, 2.05) is 11.3 Å². The molecule has 1 aromatic heterocycles. The first kappa shape index (κ1) is 29.5. The van der Waals surface area contributed by atoms with Crippen LogP contribution in [0.15, 0.2) is 121 Å². The van der Waals surface area contributed by atoms with Gasteiger partial charge in [-0.15, -0.1) is 11.3 Å². The Bertz CT molecular complexity index is 2530. The fourth-order valence-corrected chi connectivity index (χ4v) is 10.2. The maximum Gasteiger partial charge on any atom is 0.268 e. The van der Waals surface area contributed by atoms with Gasteiger partial charge in [-0.05, 0) is 112 Å². The van der Waals surface area contributed by atoms with Crippen molar-refractivity contribution in [2.75, 3.05) is 9.80 Å². The first-order valence-electron chi connectivity index (χ1n) is 18.3. The number of fused-ring (bicyclic) bond motifs is 8. The summed E-state index contributed by atoms with van der Waals surface area (Å²) in [5.74, 6) is 1.89. The normalized spacial score (nSPS) is 14.7. The summed E-state index contributed by atoms with van der Waals surface area (Å²) in [4.78, 5) is 5.08. The molecule has 0 fully saturated rings. The van der Waals surface area contributed by atoms with E-state index in [9.17, 15) is 0 Å². The van der Waals surface area contributed by atoms with Gasteiger partial charge in [-0.3, -0.25) is 0 Å². The third-order valence-electron chi connectivity index (χ3n) is 11.7. The number of anilines is 6. The number of aryl methyl sites for hydroxylation is 2. The summed E-state index contributed by atoms with van der Waals surface area (Å²) in [5, 5.41) is 1.30. The predicted octanol–water partition coefficient (Wildman–Crippen LogP) is 10.3. The highest BCUT2D eigenvalue weighted by Crippen LogP contribution is 2.51. The molecule has 0 radical (unpaired) electrons. The molecule has 3 heterocycles. The topological polar surface area (TPSA) is 15.7 Å². The minimum absolute atomic E-state index is 0.0645. The van der Waals surface area contributed by atoms with Gasteiger partial charge in [0.15, 0.2) is 0 Å². The lowest BCUT2D eigenvalue weighted by molar-refractivity contribution is 0.487. The van der Waals surface area contributed by atoms with E-state index in [0.29, 0.717) is 0 Å². The van der Waals surface area contributed by atoms with Crippen molar-refractivity contribution in [3.05, 3.63) is 149 Å². The minimum Gasteiger partial charge on any atom is -0.458 e. The maximum absolute atomic E-state index is 7.01. The first-order valence-corrected chi connectivity index (χ1v) is 19.1. The summed E-state index contributed by atoms with van der Waals surface area (Å²) >= 11 is 1.95. The van der Waals surface area contributed by atoms with Crippen LogP contribution in [-0.4, -0.2) is 6.71 Å². The van der Waals surface area contributed by atoms with Crippen LogP contribution < -0.4 is 30.2 Å². The van der Waals surface area contributed by atoms with Gasteiger partial charge in [-0.1, -0.05) is 93.6 Å². The molecule has 0 saturated heterocycles. The van der Waals surface area contributed by atoms with Crippen LogP contribution >= 0.6 is 11.3 Å². The number of ether oxygens (including phenoxy) is 1. The molecule has 51 heavy (non-hydrogen) atoms. The summed E-state index contributed by atoms with van der Waals surface area (Å²) in [7, 11) is 0. The van der Waals surface area contributed by atoms with Crippen molar-refractivity contribution in [2.45, 2.75) is 51.9 Å². The molecule has 7 aromatic rings. The first-order chi connectivity index (χ1) is 24.9. The molecule has 5 heteroatoms. The van der Waals surface area contributed by atoms with Gasteiger partial charge in [0.2, 0.25) is 0 Å². The van der Waals surface area contributed by atoms with Crippen LogP contribution in [0, 0.1) is 0 Å². The van der Waals surface area contributed by atoms with E-state index >= 15 is 0 Å². The number of para-hydroxylation sites is 2. The lowest BCUT2D eigenvalue weighted by Crippen LogP contribution is -2.58. The van der Waals surface area contributed by atoms with E-state index in [1.54, 1.807) is 0 Å². The summed E-state index contributed by atoms with van der Waals surface area (Å²) in [6.07, 6.45) is 4.51. The van der Waals surface area contributed by atoms with Crippen molar-refractivity contribution in [3.8, 4) is 11.5 Å². The zero-order valence-corrected chi connectivity index (χ0v) is 30.0. The number of hydrogen-bond acceptors (Lipinski definition) is 4. The maximum atomic E-state index is 7.01. The van der Waals surface area contributed by atoms with E-state index < -0.39 is 0 Å². The Labute approximate surface area is 303 Å². The quantitative estimate of drug-likeness (QED) is 0.173. The van der Waals surface area contributed by atoms with E-state index in [0.717, 1.165) is 48.6 Å². The van der Waals surface area contributed by atoms with E-state index in [2.05, 4.69) is 152 Å². The number of rotatable bonds is 4. The fourth-order valence-electron chi connectivity index (χ4n) is 8.89. The zero-order valence-electron chi connectivity index (χ0n) is 29.2. The summed E-state index contributed by atoms with van der Waals surface area (Å²) < 4.78 is 9.72. The Balaban J connectivity index is 1.23. The molecule has 0 amide bonds. The van der Waals surface area contributed by atoms with Crippen LogP contribution in [0.1, 0.15) is 48.6 Å². The van der Waals surface area contributed by atoms with Gasteiger partial charge in [-0.25, -0.2) is 0 Å². The number of thiophene rings is 1. The molecule has 4 aliphatic rings. The zero-order chi connectivity index (χ0) is 34.0. The van der Waals surface area contributed by atoms with Crippen LogP contribution in [-0.2, 0) is 31.1 Å². The van der Waals surface area contributed by atoms with Crippen molar-refractivity contribution >= 4 is 78.0 Å². The molecule has 6 aromatic carbocycles. The number of benzene rings is 6. The summed E-state index contributed by atoms with van der Waals surface area (Å²) in [5.41, 5.74) is 17.1. The van der Waals surface area contributed by atoms with Crippen LogP contribution in [0.5, 0.6) is 11.5 Å². The molecule has 0 atom stereocenters. The van der Waals surface area contributed by atoms with Gasteiger partial charge in [0, 0.05) is 43.7 Å². The fraction of sp³-hybridized carbons (Fsp3) is 0.174. The van der Waals surface area contributed by atoms with Crippen molar-refractivity contribution < 1.29 is 4.74 Å². The lowest BCUT2D eigenvalue weighted by atomic mass is 9.37. The molecule has 2 aliphatic heterocycles. The molecule has 0 unspecified atom stereocenters.